The van der Waals surface area contributed by atoms with Gasteiger partial charge in [-0.3, -0.25) is 4.79 Å². The number of rotatable bonds is 4. The number of nitrogens with one attached hydrogen (secondary N) is 1. The molecule has 0 bridgehead atoms. The van der Waals surface area contributed by atoms with E-state index in [9.17, 15) is 9.18 Å². The van der Waals surface area contributed by atoms with Gasteiger partial charge in [-0.05, 0) is 41.4 Å². The summed E-state index contributed by atoms with van der Waals surface area (Å²) >= 11 is 6.46. The van der Waals surface area contributed by atoms with Crippen LogP contribution in [-0.4, -0.2) is 17.3 Å². The average Bonchev–Trinajstić information content (AvgIpc) is 2.17. The largest absolute Gasteiger partial charge is 0.349 e. The molecule has 0 aliphatic heterocycles. The Balaban J connectivity index is 2.80. The third-order valence-electron chi connectivity index (χ3n) is 2.11. The third kappa shape index (κ3) is 3.56. The van der Waals surface area contributed by atoms with Crippen LogP contribution in [0.2, 0.25) is 0 Å². The Bertz CT molecular complexity index is 364. The summed E-state index contributed by atoms with van der Waals surface area (Å²) in [6, 6.07) is 4.48. The Hall–Kier alpha value is -0.420. The van der Waals surface area contributed by atoms with Crippen LogP contribution < -0.4 is 5.32 Å². The average molecular weight is 353 g/mol. The van der Waals surface area contributed by atoms with Crippen LogP contribution >= 0.6 is 31.9 Å². The molecule has 16 heavy (non-hydrogen) atoms. The topological polar surface area (TPSA) is 29.1 Å². The molecular weight excluding hydrogens is 341 g/mol. The maximum absolute atomic E-state index is 13.4. The number of hydrogen-bond donors (Lipinski definition) is 1. The van der Waals surface area contributed by atoms with Gasteiger partial charge in [0.2, 0.25) is 0 Å². The zero-order valence-electron chi connectivity index (χ0n) is 8.77. The Morgan fingerprint density at radius 3 is 2.81 bits per heavy atom. The molecular formula is C11H12Br2FNO. The van der Waals surface area contributed by atoms with Crippen molar-refractivity contribution in [2.75, 3.05) is 5.33 Å². The summed E-state index contributed by atoms with van der Waals surface area (Å²) in [5, 5.41) is 3.54. The first-order valence-electron chi connectivity index (χ1n) is 4.87. The van der Waals surface area contributed by atoms with Crippen LogP contribution in [0.25, 0.3) is 0 Å². The van der Waals surface area contributed by atoms with Gasteiger partial charge in [0.1, 0.15) is 5.82 Å². The standard InChI is InChI=1S/C11H12Br2FNO/c1-7(5-6-12)15-11(16)10-8(13)3-2-4-9(10)14/h2-4,7H,5-6H2,1H3,(H,15,16). The quantitative estimate of drug-likeness (QED) is 0.825. The monoisotopic (exact) mass is 351 g/mol. The van der Waals surface area contributed by atoms with E-state index in [1.807, 2.05) is 6.92 Å². The van der Waals surface area contributed by atoms with Gasteiger partial charge in [-0.1, -0.05) is 22.0 Å². The van der Waals surface area contributed by atoms with Crippen molar-refractivity contribution in [3.63, 3.8) is 0 Å². The molecule has 0 spiro atoms. The van der Waals surface area contributed by atoms with E-state index in [-0.39, 0.29) is 11.6 Å². The molecule has 1 aromatic carbocycles. The van der Waals surface area contributed by atoms with Gasteiger partial charge in [0.25, 0.3) is 5.91 Å². The highest BCUT2D eigenvalue weighted by Crippen LogP contribution is 2.19. The van der Waals surface area contributed by atoms with Crippen molar-refractivity contribution in [2.45, 2.75) is 19.4 Å². The van der Waals surface area contributed by atoms with E-state index in [4.69, 9.17) is 0 Å². The second-order valence-electron chi connectivity index (χ2n) is 3.45. The molecule has 1 unspecified atom stereocenters. The number of benzene rings is 1. The number of amides is 1. The Morgan fingerprint density at radius 2 is 2.25 bits per heavy atom. The Labute approximate surface area is 111 Å². The zero-order chi connectivity index (χ0) is 12.1. The predicted molar refractivity (Wildman–Crippen MR) is 69.4 cm³/mol. The maximum Gasteiger partial charge on any atom is 0.255 e. The van der Waals surface area contributed by atoms with Gasteiger partial charge in [0, 0.05) is 15.8 Å². The zero-order valence-corrected chi connectivity index (χ0v) is 11.9. The second-order valence-corrected chi connectivity index (χ2v) is 5.10. The SMILES string of the molecule is CC(CCBr)NC(=O)c1c(F)cccc1Br. The normalized spacial score (nSPS) is 12.2. The summed E-state index contributed by atoms with van der Waals surface area (Å²) in [4.78, 5) is 11.8. The van der Waals surface area contributed by atoms with Gasteiger partial charge in [-0.25, -0.2) is 4.39 Å². The lowest BCUT2D eigenvalue weighted by Gasteiger charge is -2.13. The van der Waals surface area contributed by atoms with Crippen molar-refractivity contribution in [3.8, 4) is 0 Å². The number of alkyl halides is 1. The summed E-state index contributed by atoms with van der Waals surface area (Å²) in [6.45, 7) is 1.88. The van der Waals surface area contributed by atoms with Gasteiger partial charge in [0.05, 0.1) is 5.56 Å². The van der Waals surface area contributed by atoms with Crippen LogP contribution in [0.1, 0.15) is 23.7 Å². The Morgan fingerprint density at radius 1 is 1.56 bits per heavy atom. The molecule has 1 N–H and O–H groups in total. The molecule has 1 aromatic rings. The molecule has 0 radical (unpaired) electrons. The minimum absolute atomic E-state index is 0.0124. The maximum atomic E-state index is 13.4. The number of hydrogen-bond acceptors (Lipinski definition) is 1. The second kappa shape index (κ2) is 6.35. The van der Waals surface area contributed by atoms with E-state index in [1.54, 1.807) is 12.1 Å². The lowest BCUT2D eigenvalue weighted by Crippen LogP contribution is -2.33. The van der Waals surface area contributed by atoms with Crippen LogP contribution in [0.3, 0.4) is 0 Å². The fourth-order valence-corrected chi connectivity index (χ4v) is 2.46. The van der Waals surface area contributed by atoms with Crippen LogP contribution in [0.15, 0.2) is 22.7 Å². The molecule has 1 amide bonds. The lowest BCUT2D eigenvalue weighted by atomic mass is 10.1. The highest BCUT2D eigenvalue weighted by Gasteiger charge is 2.16. The number of carbonyl (C=O) groups is 1. The van der Waals surface area contributed by atoms with Gasteiger partial charge in [0.15, 0.2) is 0 Å². The first-order valence-corrected chi connectivity index (χ1v) is 6.78. The molecule has 0 aliphatic rings. The van der Waals surface area contributed by atoms with Crippen molar-refractivity contribution >= 4 is 37.8 Å². The first kappa shape index (κ1) is 13.6. The van der Waals surface area contributed by atoms with Gasteiger partial charge < -0.3 is 5.32 Å². The summed E-state index contributed by atoms with van der Waals surface area (Å²) in [5.74, 6) is -0.906. The van der Waals surface area contributed by atoms with Crippen molar-refractivity contribution in [3.05, 3.63) is 34.1 Å². The minimum Gasteiger partial charge on any atom is -0.349 e. The molecule has 1 rings (SSSR count). The number of carbonyl (C=O) groups excluding carboxylic acids is 1. The van der Waals surface area contributed by atoms with Crippen molar-refractivity contribution in [2.24, 2.45) is 0 Å². The summed E-state index contributed by atoms with van der Waals surface area (Å²) in [5.41, 5.74) is 0.0592. The van der Waals surface area contributed by atoms with Crippen LogP contribution in [-0.2, 0) is 0 Å². The molecule has 0 aliphatic carbocycles. The van der Waals surface area contributed by atoms with Gasteiger partial charge in [-0.15, -0.1) is 0 Å². The number of halogens is 3. The molecule has 0 heterocycles. The van der Waals surface area contributed by atoms with E-state index < -0.39 is 11.7 Å². The van der Waals surface area contributed by atoms with Gasteiger partial charge in [-0.2, -0.15) is 0 Å². The minimum atomic E-state index is -0.516. The first-order chi connectivity index (χ1) is 7.56. The fourth-order valence-electron chi connectivity index (χ4n) is 1.25. The molecule has 0 saturated carbocycles. The summed E-state index contributed by atoms with van der Waals surface area (Å²) < 4.78 is 13.9. The molecule has 0 fully saturated rings. The van der Waals surface area contributed by atoms with E-state index in [1.165, 1.54) is 6.07 Å². The Kier molecular flexibility index (Phi) is 5.41. The highest BCUT2D eigenvalue weighted by molar-refractivity contribution is 9.10. The fraction of sp³-hybridized carbons (Fsp3) is 0.364. The van der Waals surface area contributed by atoms with Crippen LogP contribution in [0, 0.1) is 5.82 Å². The molecule has 5 heteroatoms. The summed E-state index contributed by atoms with van der Waals surface area (Å²) in [6.07, 6.45) is 0.803. The van der Waals surface area contributed by atoms with Crippen LogP contribution in [0.4, 0.5) is 4.39 Å². The van der Waals surface area contributed by atoms with Gasteiger partial charge >= 0.3 is 0 Å². The van der Waals surface area contributed by atoms with Crippen molar-refractivity contribution in [1.29, 1.82) is 0 Å². The van der Waals surface area contributed by atoms with Crippen LogP contribution in [0.5, 0.6) is 0 Å². The summed E-state index contributed by atoms with van der Waals surface area (Å²) in [7, 11) is 0. The predicted octanol–water partition coefficient (Wildman–Crippen LogP) is 3.49. The van der Waals surface area contributed by atoms with E-state index >= 15 is 0 Å². The molecule has 1 atom stereocenters. The molecule has 0 saturated heterocycles. The highest BCUT2D eigenvalue weighted by atomic mass is 79.9. The lowest BCUT2D eigenvalue weighted by molar-refractivity contribution is 0.0934. The van der Waals surface area contributed by atoms with E-state index in [2.05, 4.69) is 37.2 Å². The van der Waals surface area contributed by atoms with Crippen molar-refractivity contribution in [1.82, 2.24) is 5.32 Å². The third-order valence-corrected chi connectivity index (χ3v) is 3.23. The molecule has 2 nitrogen and oxygen atoms in total. The van der Waals surface area contributed by atoms with E-state index in [0.29, 0.717) is 4.47 Å². The van der Waals surface area contributed by atoms with E-state index in [0.717, 1.165) is 11.8 Å². The molecule has 88 valence electrons. The smallest absolute Gasteiger partial charge is 0.255 e. The molecule has 0 aromatic heterocycles. The van der Waals surface area contributed by atoms with Crippen molar-refractivity contribution < 1.29 is 9.18 Å².